The van der Waals surface area contributed by atoms with Gasteiger partial charge in [0.25, 0.3) is 0 Å². The van der Waals surface area contributed by atoms with E-state index in [0.29, 0.717) is 37.7 Å². The van der Waals surface area contributed by atoms with Crippen molar-refractivity contribution in [1.29, 1.82) is 0 Å². The predicted molar refractivity (Wildman–Crippen MR) is 119 cm³/mol. The largest absolute Gasteiger partial charge is 0.497 e. The van der Waals surface area contributed by atoms with Gasteiger partial charge in [-0.3, -0.25) is 9.69 Å². The summed E-state index contributed by atoms with van der Waals surface area (Å²) in [6, 6.07) is 13.2. The molecule has 2 saturated heterocycles. The summed E-state index contributed by atoms with van der Waals surface area (Å²) in [5.74, 6) is 2.12. The molecule has 9 nitrogen and oxygen atoms in total. The first-order valence-corrected chi connectivity index (χ1v) is 10.8. The van der Waals surface area contributed by atoms with E-state index in [1.54, 1.807) is 23.0 Å². The number of piperazine rings is 1. The first-order valence-electron chi connectivity index (χ1n) is 10.8. The highest BCUT2D eigenvalue weighted by molar-refractivity contribution is 5.96. The smallest absolute Gasteiger partial charge is 0.325 e. The van der Waals surface area contributed by atoms with Gasteiger partial charge in [0.1, 0.15) is 12.3 Å². The summed E-state index contributed by atoms with van der Waals surface area (Å²) in [6.07, 6.45) is 0. The number of nitrogens with zero attached hydrogens (tertiary/aromatic N) is 4. The third kappa shape index (κ3) is 3.86. The molecule has 0 unspecified atom stereocenters. The molecule has 3 heterocycles. The second-order valence-electron chi connectivity index (χ2n) is 7.96. The molecule has 0 aliphatic carbocycles. The number of hydrogen-bond donors (Lipinski definition) is 0. The van der Waals surface area contributed by atoms with Gasteiger partial charge in [0, 0.05) is 62.8 Å². The average Bonchev–Trinajstić information content (AvgIpc) is 3.45. The molecule has 2 aromatic carbocycles. The third-order valence-corrected chi connectivity index (χ3v) is 6.14. The molecule has 3 aliphatic rings. The fourth-order valence-corrected chi connectivity index (χ4v) is 4.31. The Balaban J connectivity index is 1.16. The van der Waals surface area contributed by atoms with Crippen molar-refractivity contribution in [3.63, 3.8) is 0 Å². The molecule has 0 bridgehead atoms. The van der Waals surface area contributed by atoms with Gasteiger partial charge in [-0.25, -0.2) is 4.79 Å². The maximum absolute atomic E-state index is 12.9. The SMILES string of the molecule is COc1cccc(N2CCN(C(=O)CN3CCN(c4ccc5c(c4)OCO5)C3=O)CC2)c1. The van der Waals surface area contributed by atoms with Crippen LogP contribution in [0.4, 0.5) is 16.2 Å². The minimum atomic E-state index is -0.160. The topological polar surface area (TPSA) is 74.8 Å². The number of carbonyl (C=O) groups excluding carboxylic acids is 2. The van der Waals surface area contributed by atoms with E-state index in [-0.39, 0.29) is 25.3 Å². The lowest BCUT2D eigenvalue weighted by Gasteiger charge is -2.36. The summed E-state index contributed by atoms with van der Waals surface area (Å²) in [4.78, 5) is 33.2. The molecule has 2 fully saturated rings. The van der Waals surface area contributed by atoms with Crippen LogP contribution in [0.1, 0.15) is 0 Å². The van der Waals surface area contributed by atoms with Crippen LogP contribution in [0.2, 0.25) is 0 Å². The van der Waals surface area contributed by atoms with Crippen molar-refractivity contribution in [2.75, 3.05) is 69.5 Å². The van der Waals surface area contributed by atoms with E-state index in [9.17, 15) is 9.59 Å². The molecule has 0 aromatic heterocycles. The standard InChI is InChI=1S/C23H26N4O5/c1-30-19-4-2-3-17(13-19)24-7-9-25(10-8-24)22(28)15-26-11-12-27(23(26)29)18-5-6-20-21(14-18)32-16-31-20/h2-6,13-14H,7-12,15-16H2,1H3. The Morgan fingerprint density at radius 3 is 2.56 bits per heavy atom. The maximum Gasteiger partial charge on any atom is 0.325 e. The van der Waals surface area contributed by atoms with Crippen LogP contribution < -0.4 is 24.0 Å². The van der Waals surface area contributed by atoms with E-state index in [0.717, 1.165) is 30.2 Å². The number of benzene rings is 2. The first kappa shape index (κ1) is 20.3. The summed E-state index contributed by atoms with van der Waals surface area (Å²) in [7, 11) is 1.66. The number of methoxy groups -OCH3 is 1. The molecule has 0 radical (unpaired) electrons. The van der Waals surface area contributed by atoms with Crippen LogP contribution >= 0.6 is 0 Å². The lowest BCUT2D eigenvalue weighted by molar-refractivity contribution is -0.131. The Hall–Kier alpha value is -3.62. The van der Waals surface area contributed by atoms with Gasteiger partial charge in [0.05, 0.1) is 7.11 Å². The molecular formula is C23H26N4O5. The Morgan fingerprint density at radius 1 is 0.938 bits per heavy atom. The Morgan fingerprint density at radius 2 is 1.75 bits per heavy atom. The number of urea groups is 1. The summed E-state index contributed by atoms with van der Waals surface area (Å²) in [6.45, 7) is 4.09. The van der Waals surface area contributed by atoms with Crippen molar-refractivity contribution in [3.05, 3.63) is 42.5 Å². The average molecular weight is 438 g/mol. The molecule has 0 saturated carbocycles. The molecule has 3 aliphatic heterocycles. The maximum atomic E-state index is 12.9. The van der Waals surface area contributed by atoms with E-state index in [1.165, 1.54) is 0 Å². The van der Waals surface area contributed by atoms with Crippen LogP contribution in [0.3, 0.4) is 0 Å². The van der Waals surface area contributed by atoms with E-state index in [1.807, 2.05) is 41.3 Å². The minimum Gasteiger partial charge on any atom is -0.497 e. The van der Waals surface area contributed by atoms with Crippen molar-refractivity contribution in [2.24, 2.45) is 0 Å². The minimum absolute atomic E-state index is 0.0174. The van der Waals surface area contributed by atoms with Gasteiger partial charge in [0.2, 0.25) is 12.7 Å². The van der Waals surface area contributed by atoms with Crippen LogP contribution in [0.5, 0.6) is 17.2 Å². The molecule has 9 heteroatoms. The highest BCUT2D eigenvalue weighted by Gasteiger charge is 2.33. The van der Waals surface area contributed by atoms with E-state index < -0.39 is 0 Å². The van der Waals surface area contributed by atoms with Crippen molar-refractivity contribution in [3.8, 4) is 17.2 Å². The lowest BCUT2D eigenvalue weighted by atomic mass is 10.2. The van der Waals surface area contributed by atoms with Gasteiger partial charge in [-0.2, -0.15) is 0 Å². The molecule has 3 amide bonds. The monoisotopic (exact) mass is 438 g/mol. The van der Waals surface area contributed by atoms with Gasteiger partial charge in [-0.05, 0) is 24.3 Å². The second-order valence-corrected chi connectivity index (χ2v) is 7.96. The number of amides is 3. The Bertz CT molecular complexity index is 1020. The van der Waals surface area contributed by atoms with E-state index in [4.69, 9.17) is 14.2 Å². The van der Waals surface area contributed by atoms with E-state index >= 15 is 0 Å². The number of carbonyl (C=O) groups is 2. The zero-order valence-electron chi connectivity index (χ0n) is 18.0. The first-order chi connectivity index (χ1) is 15.6. The number of hydrogen-bond acceptors (Lipinski definition) is 6. The molecule has 0 spiro atoms. The van der Waals surface area contributed by atoms with Gasteiger partial charge < -0.3 is 28.9 Å². The van der Waals surface area contributed by atoms with Crippen molar-refractivity contribution >= 4 is 23.3 Å². The van der Waals surface area contributed by atoms with Crippen LogP contribution in [-0.2, 0) is 4.79 Å². The summed E-state index contributed by atoms with van der Waals surface area (Å²) < 4.78 is 16.1. The molecule has 32 heavy (non-hydrogen) atoms. The van der Waals surface area contributed by atoms with Crippen LogP contribution in [-0.4, -0.2) is 81.5 Å². The number of ether oxygens (including phenoxy) is 3. The number of anilines is 2. The van der Waals surface area contributed by atoms with Crippen LogP contribution in [0.25, 0.3) is 0 Å². The van der Waals surface area contributed by atoms with Gasteiger partial charge in [-0.1, -0.05) is 6.07 Å². The summed E-state index contributed by atoms with van der Waals surface area (Å²) >= 11 is 0. The number of rotatable bonds is 5. The van der Waals surface area contributed by atoms with Crippen molar-refractivity contribution < 1.29 is 23.8 Å². The zero-order valence-corrected chi connectivity index (χ0v) is 18.0. The molecule has 2 aromatic rings. The quantitative estimate of drug-likeness (QED) is 0.711. The summed E-state index contributed by atoms with van der Waals surface area (Å²) in [5.41, 5.74) is 1.84. The number of fused-ring (bicyclic) bond motifs is 1. The fraction of sp³-hybridized carbons (Fsp3) is 0.391. The zero-order chi connectivity index (χ0) is 22.1. The molecule has 0 N–H and O–H groups in total. The second kappa shape index (κ2) is 8.49. The Labute approximate surface area is 186 Å². The molecule has 168 valence electrons. The molecule has 5 rings (SSSR count). The van der Waals surface area contributed by atoms with Gasteiger partial charge in [-0.15, -0.1) is 0 Å². The molecule has 0 atom stereocenters. The molecular weight excluding hydrogens is 412 g/mol. The lowest BCUT2D eigenvalue weighted by Crippen LogP contribution is -2.51. The summed E-state index contributed by atoms with van der Waals surface area (Å²) in [5, 5.41) is 0. The fourth-order valence-electron chi connectivity index (χ4n) is 4.31. The normalized spacial score (nSPS) is 17.8. The third-order valence-electron chi connectivity index (χ3n) is 6.14. The highest BCUT2D eigenvalue weighted by atomic mass is 16.7. The van der Waals surface area contributed by atoms with Gasteiger partial charge >= 0.3 is 6.03 Å². The van der Waals surface area contributed by atoms with Crippen LogP contribution in [0, 0.1) is 0 Å². The van der Waals surface area contributed by atoms with E-state index in [2.05, 4.69) is 4.90 Å². The predicted octanol–water partition coefficient (Wildman–Crippen LogP) is 2.01. The van der Waals surface area contributed by atoms with Crippen molar-refractivity contribution in [1.82, 2.24) is 9.80 Å². The van der Waals surface area contributed by atoms with Crippen LogP contribution in [0.15, 0.2) is 42.5 Å². The van der Waals surface area contributed by atoms with Gasteiger partial charge in [0.15, 0.2) is 11.5 Å². The highest BCUT2D eigenvalue weighted by Crippen LogP contribution is 2.36. The van der Waals surface area contributed by atoms with Crippen molar-refractivity contribution in [2.45, 2.75) is 0 Å². The Kier molecular flexibility index (Phi) is 5.38.